The monoisotopic (exact) mass is 252 g/mol. The molecule has 1 N–H and O–H groups in total. The van der Waals surface area contributed by atoms with E-state index in [2.05, 4.69) is 9.97 Å². The van der Waals surface area contributed by atoms with E-state index in [1.165, 1.54) is 0 Å². The van der Waals surface area contributed by atoms with Crippen LogP contribution in [0.15, 0.2) is 30.7 Å². The molecule has 0 fully saturated rings. The number of aromatic carboxylic acids is 1. The van der Waals surface area contributed by atoms with Gasteiger partial charge in [-0.2, -0.15) is 0 Å². The molecule has 0 spiro atoms. The van der Waals surface area contributed by atoms with Crippen molar-refractivity contribution in [2.45, 2.75) is 0 Å². The van der Waals surface area contributed by atoms with Crippen molar-refractivity contribution >= 4 is 5.97 Å². The maximum absolute atomic E-state index is 12.9. The molecule has 7 heteroatoms. The van der Waals surface area contributed by atoms with Gasteiger partial charge in [0.1, 0.15) is 17.6 Å². The quantitative estimate of drug-likeness (QED) is 0.906. The Morgan fingerprint density at radius 1 is 1.28 bits per heavy atom. The standard InChI is InChI=1S/C11H6F2N2O3/c12-8-2-1-6(3-9(8)13)18-10-7(11(16)17)4-14-5-15-10/h1-5H,(H,16,17). The molecule has 1 aromatic carbocycles. The molecule has 2 aromatic rings. The van der Waals surface area contributed by atoms with Crippen LogP contribution in [-0.4, -0.2) is 21.0 Å². The molecule has 5 nitrogen and oxygen atoms in total. The minimum atomic E-state index is -1.28. The molecule has 0 saturated heterocycles. The zero-order valence-corrected chi connectivity index (χ0v) is 8.80. The number of carbonyl (C=O) groups is 1. The van der Waals surface area contributed by atoms with Crippen LogP contribution in [0.5, 0.6) is 11.6 Å². The lowest BCUT2D eigenvalue weighted by Crippen LogP contribution is -2.02. The molecular formula is C11H6F2N2O3. The third kappa shape index (κ3) is 2.40. The van der Waals surface area contributed by atoms with E-state index in [0.29, 0.717) is 0 Å². The van der Waals surface area contributed by atoms with Gasteiger partial charge < -0.3 is 9.84 Å². The Kier molecular flexibility index (Phi) is 3.13. The van der Waals surface area contributed by atoms with Gasteiger partial charge in [-0.15, -0.1) is 0 Å². The first-order valence-corrected chi connectivity index (χ1v) is 4.74. The predicted molar refractivity (Wildman–Crippen MR) is 55.4 cm³/mol. The number of carboxylic acids is 1. The second-order valence-corrected chi connectivity index (χ2v) is 3.22. The molecule has 18 heavy (non-hydrogen) atoms. The van der Waals surface area contributed by atoms with Crippen molar-refractivity contribution in [3.8, 4) is 11.6 Å². The maximum Gasteiger partial charge on any atom is 0.342 e. The van der Waals surface area contributed by atoms with Gasteiger partial charge >= 0.3 is 5.97 Å². The van der Waals surface area contributed by atoms with Crippen LogP contribution in [0.2, 0.25) is 0 Å². The first-order valence-electron chi connectivity index (χ1n) is 4.74. The summed E-state index contributed by atoms with van der Waals surface area (Å²) < 4.78 is 30.7. The van der Waals surface area contributed by atoms with E-state index >= 15 is 0 Å². The highest BCUT2D eigenvalue weighted by molar-refractivity contribution is 5.89. The van der Waals surface area contributed by atoms with Gasteiger partial charge in [-0.3, -0.25) is 0 Å². The molecule has 0 aliphatic carbocycles. The number of halogens is 2. The molecule has 92 valence electrons. The number of hydrogen-bond acceptors (Lipinski definition) is 4. The summed E-state index contributed by atoms with van der Waals surface area (Å²) in [5, 5.41) is 8.85. The molecule has 0 saturated carbocycles. The summed E-state index contributed by atoms with van der Waals surface area (Å²) in [4.78, 5) is 18.0. The SMILES string of the molecule is O=C(O)c1cncnc1Oc1ccc(F)c(F)c1. The Hall–Kier alpha value is -2.57. The van der Waals surface area contributed by atoms with Crippen LogP contribution in [0, 0.1) is 11.6 Å². The number of benzene rings is 1. The molecule has 0 aliphatic rings. The molecule has 0 unspecified atom stereocenters. The third-order valence-corrected chi connectivity index (χ3v) is 2.01. The molecule has 0 amide bonds. The fraction of sp³-hybridized carbons (Fsp3) is 0. The van der Waals surface area contributed by atoms with Crippen LogP contribution in [0.1, 0.15) is 10.4 Å². The van der Waals surface area contributed by atoms with Gasteiger partial charge in [0.2, 0.25) is 5.88 Å². The van der Waals surface area contributed by atoms with Crippen molar-refractivity contribution in [1.29, 1.82) is 0 Å². The summed E-state index contributed by atoms with van der Waals surface area (Å²) in [5.41, 5.74) is -0.276. The van der Waals surface area contributed by atoms with E-state index in [9.17, 15) is 13.6 Å². The van der Waals surface area contributed by atoms with Gasteiger partial charge in [-0.1, -0.05) is 0 Å². The molecule has 0 atom stereocenters. The second kappa shape index (κ2) is 4.74. The molecule has 0 radical (unpaired) electrons. The van der Waals surface area contributed by atoms with Crippen molar-refractivity contribution in [2.75, 3.05) is 0 Å². The first-order chi connectivity index (χ1) is 8.58. The Balaban J connectivity index is 2.34. The van der Waals surface area contributed by atoms with Crippen LogP contribution in [-0.2, 0) is 0 Å². The highest BCUT2D eigenvalue weighted by atomic mass is 19.2. The van der Waals surface area contributed by atoms with Crippen molar-refractivity contribution in [2.24, 2.45) is 0 Å². The maximum atomic E-state index is 12.9. The van der Waals surface area contributed by atoms with E-state index in [0.717, 1.165) is 30.7 Å². The molecular weight excluding hydrogens is 246 g/mol. The number of carboxylic acid groups (broad SMARTS) is 1. The number of nitrogens with zero attached hydrogens (tertiary/aromatic N) is 2. The van der Waals surface area contributed by atoms with Crippen molar-refractivity contribution < 1.29 is 23.4 Å². The molecule has 1 heterocycles. The van der Waals surface area contributed by atoms with Gasteiger partial charge in [-0.05, 0) is 12.1 Å². The highest BCUT2D eigenvalue weighted by Crippen LogP contribution is 2.23. The van der Waals surface area contributed by atoms with Crippen LogP contribution in [0.3, 0.4) is 0 Å². The smallest absolute Gasteiger partial charge is 0.342 e. The van der Waals surface area contributed by atoms with E-state index in [-0.39, 0.29) is 17.2 Å². The number of hydrogen-bond donors (Lipinski definition) is 1. The highest BCUT2D eigenvalue weighted by Gasteiger charge is 2.14. The fourth-order valence-electron chi connectivity index (χ4n) is 1.20. The summed E-state index contributed by atoms with van der Waals surface area (Å²) in [6.45, 7) is 0. The molecule has 0 aliphatic heterocycles. The van der Waals surface area contributed by atoms with Gasteiger partial charge in [0.05, 0.1) is 0 Å². The Labute approximate surface area is 99.7 Å². The third-order valence-electron chi connectivity index (χ3n) is 2.01. The van der Waals surface area contributed by atoms with Crippen LogP contribution >= 0.6 is 0 Å². The fourth-order valence-corrected chi connectivity index (χ4v) is 1.20. The lowest BCUT2D eigenvalue weighted by Gasteiger charge is -2.06. The lowest BCUT2D eigenvalue weighted by atomic mass is 10.3. The minimum absolute atomic E-state index is 0.0601. The Morgan fingerprint density at radius 2 is 2.06 bits per heavy atom. The minimum Gasteiger partial charge on any atom is -0.477 e. The lowest BCUT2D eigenvalue weighted by molar-refractivity contribution is 0.0693. The summed E-state index contributed by atoms with van der Waals surface area (Å²) in [6.07, 6.45) is 2.13. The van der Waals surface area contributed by atoms with Gasteiger partial charge in [0.25, 0.3) is 0 Å². The number of aromatic nitrogens is 2. The van der Waals surface area contributed by atoms with Crippen molar-refractivity contribution in [3.63, 3.8) is 0 Å². The summed E-state index contributed by atoms with van der Waals surface area (Å²) in [6, 6.07) is 2.82. The van der Waals surface area contributed by atoms with E-state index in [4.69, 9.17) is 9.84 Å². The van der Waals surface area contributed by atoms with Crippen molar-refractivity contribution in [3.05, 3.63) is 47.9 Å². The normalized spacial score (nSPS) is 10.1. The summed E-state index contributed by atoms with van der Waals surface area (Å²) in [7, 11) is 0. The zero-order chi connectivity index (χ0) is 13.1. The summed E-state index contributed by atoms with van der Waals surface area (Å²) in [5.74, 6) is -3.71. The average molecular weight is 252 g/mol. The second-order valence-electron chi connectivity index (χ2n) is 3.22. The number of ether oxygens (including phenoxy) is 1. The zero-order valence-electron chi connectivity index (χ0n) is 8.80. The van der Waals surface area contributed by atoms with Crippen molar-refractivity contribution in [1.82, 2.24) is 9.97 Å². The summed E-state index contributed by atoms with van der Waals surface area (Å²) >= 11 is 0. The van der Waals surface area contributed by atoms with Crippen LogP contribution < -0.4 is 4.74 Å². The average Bonchev–Trinajstić information content (AvgIpc) is 2.34. The molecule has 0 bridgehead atoms. The van der Waals surface area contributed by atoms with E-state index in [1.54, 1.807) is 0 Å². The van der Waals surface area contributed by atoms with Crippen LogP contribution in [0.4, 0.5) is 8.78 Å². The van der Waals surface area contributed by atoms with E-state index in [1.807, 2.05) is 0 Å². The predicted octanol–water partition coefficient (Wildman–Crippen LogP) is 2.25. The topological polar surface area (TPSA) is 72.3 Å². The Morgan fingerprint density at radius 3 is 2.72 bits per heavy atom. The largest absolute Gasteiger partial charge is 0.477 e. The number of rotatable bonds is 3. The van der Waals surface area contributed by atoms with Gasteiger partial charge in [-0.25, -0.2) is 23.5 Å². The first kappa shape index (κ1) is 11.9. The van der Waals surface area contributed by atoms with Crippen LogP contribution in [0.25, 0.3) is 0 Å². The van der Waals surface area contributed by atoms with E-state index < -0.39 is 17.6 Å². The van der Waals surface area contributed by atoms with Gasteiger partial charge in [0.15, 0.2) is 11.6 Å². The molecule has 2 rings (SSSR count). The molecule has 1 aromatic heterocycles. The van der Waals surface area contributed by atoms with Gasteiger partial charge in [0, 0.05) is 12.3 Å². The Bertz CT molecular complexity index is 605.